The van der Waals surface area contributed by atoms with Crippen molar-refractivity contribution in [2.75, 3.05) is 51.4 Å². The molecule has 0 radical (unpaired) electrons. The first kappa shape index (κ1) is 35.8. The predicted molar refractivity (Wildman–Crippen MR) is 195 cm³/mol. The van der Waals surface area contributed by atoms with Crippen molar-refractivity contribution in [1.82, 2.24) is 4.90 Å². The second-order valence-corrected chi connectivity index (χ2v) is 12.7. The molecule has 0 N–H and O–H groups in total. The van der Waals surface area contributed by atoms with Crippen molar-refractivity contribution < 1.29 is 23.8 Å². The van der Waals surface area contributed by atoms with Gasteiger partial charge in [-0.05, 0) is 85.7 Å². The molecule has 0 spiro atoms. The van der Waals surface area contributed by atoms with Gasteiger partial charge in [0, 0.05) is 37.5 Å². The highest BCUT2D eigenvalue weighted by Crippen LogP contribution is 2.24. The lowest BCUT2D eigenvalue weighted by Gasteiger charge is -2.22. The monoisotopic (exact) mass is 662 g/mol. The molecular weight excluding hydrogens is 612 g/mol. The van der Waals surface area contributed by atoms with Gasteiger partial charge in [0.05, 0.1) is 20.3 Å². The fourth-order valence-electron chi connectivity index (χ4n) is 6.22. The van der Waals surface area contributed by atoms with Crippen LogP contribution in [0, 0.1) is 0 Å². The summed E-state index contributed by atoms with van der Waals surface area (Å²) < 4.78 is 16.9. The lowest BCUT2D eigenvalue weighted by atomic mass is 10.0. The molecule has 1 fully saturated rings. The zero-order valence-electron chi connectivity index (χ0n) is 28.9. The van der Waals surface area contributed by atoms with E-state index in [0.717, 1.165) is 63.0 Å². The van der Waals surface area contributed by atoms with Gasteiger partial charge in [-0.25, -0.2) is 4.79 Å². The van der Waals surface area contributed by atoms with E-state index < -0.39 is 5.97 Å². The smallest absolute Gasteiger partial charge is 0.341 e. The molecule has 49 heavy (non-hydrogen) atoms. The van der Waals surface area contributed by atoms with Crippen LogP contribution in [-0.4, -0.2) is 63.2 Å². The van der Waals surface area contributed by atoms with E-state index >= 15 is 0 Å². The average Bonchev–Trinajstić information content (AvgIpc) is 3.69. The van der Waals surface area contributed by atoms with Crippen LogP contribution in [0.2, 0.25) is 0 Å². The molecular formula is C42H50N2O5. The molecule has 7 nitrogen and oxygen atoms in total. The highest BCUT2D eigenvalue weighted by atomic mass is 16.5. The number of nitrogens with zero attached hydrogens (tertiary/aromatic N) is 2. The van der Waals surface area contributed by atoms with E-state index in [1.807, 2.05) is 48.5 Å². The number of methoxy groups -OCH3 is 1. The lowest BCUT2D eigenvalue weighted by molar-refractivity contribution is 0.0595. The SMILES string of the molecule is COC(=O)c1cc(C(=O)CN(CCCCCCOCCc2ccc(N3CCCC3)cc2)Cc2ccccc2)ccc1OCc1ccccc1. The number of carbonyl (C=O) groups excluding carboxylic acids is 2. The Hall–Kier alpha value is -4.46. The van der Waals surface area contributed by atoms with Crippen molar-refractivity contribution in [2.45, 2.75) is 58.1 Å². The fraction of sp³-hybridized carbons (Fsp3) is 0.381. The number of anilines is 1. The van der Waals surface area contributed by atoms with E-state index in [-0.39, 0.29) is 17.9 Å². The summed E-state index contributed by atoms with van der Waals surface area (Å²) >= 11 is 0. The van der Waals surface area contributed by atoms with Crippen LogP contribution < -0.4 is 9.64 Å². The largest absolute Gasteiger partial charge is 0.488 e. The van der Waals surface area contributed by atoms with Gasteiger partial charge in [0.2, 0.25) is 0 Å². The minimum atomic E-state index is -0.533. The van der Waals surface area contributed by atoms with Crippen LogP contribution in [0.15, 0.2) is 103 Å². The van der Waals surface area contributed by atoms with E-state index in [2.05, 4.69) is 46.2 Å². The van der Waals surface area contributed by atoms with Crippen LogP contribution >= 0.6 is 0 Å². The molecule has 4 aromatic carbocycles. The average molecular weight is 663 g/mol. The first-order chi connectivity index (χ1) is 24.1. The van der Waals surface area contributed by atoms with Gasteiger partial charge in [0.25, 0.3) is 0 Å². The molecule has 7 heteroatoms. The van der Waals surface area contributed by atoms with Gasteiger partial charge in [-0.2, -0.15) is 0 Å². The normalized spacial score (nSPS) is 12.7. The topological polar surface area (TPSA) is 68.3 Å². The minimum absolute atomic E-state index is 0.0465. The molecule has 0 saturated carbocycles. The summed E-state index contributed by atoms with van der Waals surface area (Å²) in [6.45, 7) is 5.90. The number of hydrogen-bond donors (Lipinski definition) is 0. The van der Waals surface area contributed by atoms with E-state index in [4.69, 9.17) is 14.2 Å². The third-order valence-electron chi connectivity index (χ3n) is 9.02. The van der Waals surface area contributed by atoms with Crippen LogP contribution in [0.3, 0.4) is 0 Å². The van der Waals surface area contributed by atoms with Crippen LogP contribution in [-0.2, 0) is 29.0 Å². The minimum Gasteiger partial charge on any atom is -0.488 e. The maximum Gasteiger partial charge on any atom is 0.341 e. The summed E-state index contributed by atoms with van der Waals surface area (Å²) in [5.41, 5.74) is 5.51. The Kier molecular flexibility index (Phi) is 14.3. The van der Waals surface area contributed by atoms with Crippen LogP contribution in [0.4, 0.5) is 5.69 Å². The molecule has 0 atom stereocenters. The van der Waals surface area contributed by atoms with Gasteiger partial charge in [-0.15, -0.1) is 0 Å². The summed E-state index contributed by atoms with van der Waals surface area (Å²) in [6.07, 6.45) is 7.70. The number of ketones is 1. The van der Waals surface area contributed by atoms with Crippen molar-refractivity contribution in [3.05, 3.63) is 131 Å². The second kappa shape index (κ2) is 19.5. The first-order valence-corrected chi connectivity index (χ1v) is 17.7. The van der Waals surface area contributed by atoms with Crippen molar-refractivity contribution in [1.29, 1.82) is 0 Å². The second-order valence-electron chi connectivity index (χ2n) is 12.7. The lowest BCUT2D eigenvalue weighted by Crippen LogP contribution is -2.30. The Labute approximate surface area is 291 Å². The Balaban J connectivity index is 1.06. The Morgan fingerprint density at radius 1 is 0.735 bits per heavy atom. The van der Waals surface area contributed by atoms with E-state index in [9.17, 15) is 9.59 Å². The fourth-order valence-corrected chi connectivity index (χ4v) is 6.22. The highest BCUT2D eigenvalue weighted by molar-refractivity contribution is 6.01. The van der Waals surface area contributed by atoms with E-state index in [1.54, 1.807) is 18.2 Å². The van der Waals surface area contributed by atoms with Crippen molar-refractivity contribution in [3.63, 3.8) is 0 Å². The zero-order valence-corrected chi connectivity index (χ0v) is 28.9. The molecule has 0 aliphatic carbocycles. The predicted octanol–water partition coefficient (Wildman–Crippen LogP) is 8.16. The molecule has 1 aliphatic rings. The molecule has 1 heterocycles. The quantitative estimate of drug-likeness (QED) is 0.0538. The maximum atomic E-state index is 13.6. The molecule has 258 valence electrons. The Bertz CT molecular complexity index is 1570. The van der Waals surface area contributed by atoms with Crippen LogP contribution in [0.5, 0.6) is 5.75 Å². The third kappa shape index (κ3) is 11.6. The van der Waals surface area contributed by atoms with Gasteiger partial charge in [-0.3, -0.25) is 9.69 Å². The maximum absolute atomic E-state index is 13.6. The third-order valence-corrected chi connectivity index (χ3v) is 9.02. The van der Waals surface area contributed by atoms with Gasteiger partial charge in [0.1, 0.15) is 17.9 Å². The standard InChI is InChI=1S/C42H50N2O5/c1-47-42(46)39-30-37(20-23-41(39)49-33-36-16-8-5-9-17-36)40(45)32-43(31-35-14-6-4-7-15-35)25-10-2-3-13-28-48-29-24-34-18-21-38(22-19-34)44-26-11-12-27-44/h4-9,14-23,30H,2-3,10-13,24-29,31-33H2,1H3. The molecule has 1 aliphatic heterocycles. The van der Waals surface area contributed by atoms with Gasteiger partial charge in [-0.1, -0.05) is 85.6 Å². The van der Waals surface area contributed by atoms with Crippen molar-refractivity contribution in [2.24, 2.45) is 0 Å². The zero-order chi connectivity index (χ0) is 34.1. The van der Waals surface area contributed by atoms with Gasteiger partial charge in [0.15, 0.2) is 5.78 Å². The Morgan fingerprint density at radius 2 is 1.43 bits per heavy atom. The number of ether oxygens (including phenoxy) is 3. The summed E-state index contributed by atoms with van der Waals surface area (Å²) in [5.74, 6) is -0.187. The van der Waals surface area contributed by atoms with Crippen LogP contribution in [0.1, 0.15) is 75.9 Å². The van der Waals surface area contributed by atoms with Crippen LogP contribution in [0.25, 0.3) is 0 Å². The summed E-state index contributed by atoms with van der Waals surface area (Å²) in [5, 5.41) is 0. The van der Waals surface area contributed by atoms with Crippen molar-refractivity contribution in [3.8, 4) is 5.75 Å². The molecule has 4 aromatic rings. The molecule has 1 saturated heterocycles. The number of benzene rings is 4. The molecule has 0 amide bonds. The molecule has 0 aromatic heterocycles. The van der Waals surface area contributed by atoms with E-state index in [1.165, 1.54) is 44.3 Å². The summed E-state index contributed by atoms with van der Waals surface area (Å²) in [4.78, 5) is 30.9. The summed E-state index contributed by atoms with van der Waals surface area (Å²) in [7, 11) is 1.33. The molecule has 0 unspecified atom stereocenters. The number of esters is 1. The highest BCUT2D eigenvalue weighted by Gasteiger charge is 2.19. The number of unbranched alkanes of at least 4 members (excludes halogenated alkanes) is 3. The first-order valence-electron chi connectivity index (χ1n) is 17.7. The number of Topliss-reactive ketones (excluding diaryl/α,β-unsaturated/α-hetero) is 1. The molecule has 0 bridgehead atoms. The number of hydrogen-bond acceptors (Lipinski definition) is 7. The van der Waals surface area contributed by atoms with Gasteiger partial charge >= 0.3 is 5.97 Å². The number of rotatable bonds is 20. The number of carbonyl (C=O) groups is 2. The summed E-state index contributed by atoms with van der Waals surface area (Å²) in [6, 6.07) is 33.9. The molecule has 5 rings (SSSR count). The van der Waals surface area contributed by atoms with E-state index in [0.29, 0.717) is 24.5 Å². The Morgan fingerprint density at radius 3 is 2.14 bits per heavy atom. The van der Waals surface area contributed by atoms with Crippen molar-refractivity contribution >= 4 is 17.4 Å². The van der Waals surface area contributed by atoms with Gasteiger partial charge < -0.3 is 19.1 Å².